The smallest absolute Gasteiger partial charge is 0.254 e. The Bertz CT molecular complexity index is 1220. The van der Waals surface area contributed by atoms with E-state index in [0.717, 1.165) is 35.3 Å². The highest BCUT2D eigenvalue weighted by atomic mass is 32.2. The Balaban J connectivity index is 1.45. The lowest BCUT2D eigenvalue weighted by Gasteiger charge is -2.24. The molecule has 5 rings (SSSR count). The first-order valence-corrected chi connectivity index (χ1v) is 12.1. The number of amides is 1. The molecule has 8 heteroatoms. The van der Waals surface area contributed by atoms with Gasteiger partial charge in [-0.1, -0.05) is 12.1 Å². The molecule has 3 heterocycles. The first-order chi connectivity index (χ1) is 14.3. The van der Waals surface area contributed by atoms with Gasteiger partial charge in [-0.3, -0.25) is 9.10 Å². The predicted molar refractivity (Wildman–Crippen MR) is 116 cm³/mol. The number of fused-ring (bicyclic) bond motifs is 2. The molecule has 0 spiro atoms. The Morgan fingerprint density at radius 2 is 2.00 bits per heavy atom. The van der Waals surface area contributed by atoms with E-state index in [4.69, 9.17) is 4.98 Å². The van der Waals surface area contributed by atoms with Crippen LogP contribution in [0.15, 0.2) is 42.5 Å². The molecule has 1 amide bonds. The molecule has 0 unspecified atom stereocenters. The number of benzene rings is 2. The number of anilines is 1. The third-order valence-corrected chi connectivity index (χ3v) is 7.35. The minimum atomic E-state index is -3.35. The van der Waals surface area contributed by atoms with Crippen LogP contribution in [0.1, 0.15) is 47.6 Å². The largest absolute Gasteiger partial charge is 0.340 e. The molecular weight excluding hydrogens is 400 g/mol. The van der Waals surface area contributed by atoms with Crippen molar-refractivity contribution in [2.45, 2.75) is 38.3 Å². The number of carbonyl (C=O) groups excluding carboxylic acids is 1. The molecule has 0 saturated carbocycles. The summed E-state index contributed by atoms with van der Waals surface area (Å²) in [5, 5.41) is 0. The van der Waals surface area contributed by atoms with Crippen LogP contribution in [0.3, 0.4) is 0 Å². The summed E-state index contributed by atoms with van der Waals surface area (Å²) in [5.41, 5.74) is 4.05. The first kappa shape index (κ1) is 19.1. The van der Waals surface area contributed by atoms with Crippen LogP contribution >= 0.6 is 0 Å². The number of para-hydroxylation sites is 2. The molecule has 1 aromatic heterocycles. The van der Waals surface area contributed by atoms with Gasteiger partial charge in [0.1, 0.15) is 5.82 Å². The number of nitrogens with one attached hydrogen (secondary N) is 1. The number of nitrogens with zero attached hydrogens (tertiary/aromatic N) is 3. The van der Waals surface area contributed by atoms with E-state index in [2.05, 4.69) is 4.98 Å². The molecule has 156 valence electrons. The van der Waals surface area contributed by atoms with Gasteiger partial charge in [0.05, 0.1) is 29.0 Å². The van der Waals surface area contributed by atoms with Crippen molar-refractivity contribution in [1.82, 2.24) is 14.9 Å². The fourth-order valence-corrected chi connectivity index (χ4v) is 6.10. The summed E-state index contributed by atoms with van der Waals surface area (Å²) in [5.74, 6) is 0.784. The first-order valence-electron chi connectivity index (χ1n) is 10.2. The average Bonchev–Trinajstić information content (AvgIpc) is 3.40. The van der Waals surface area contributed by atoms with Gasteiger partial charge >= 0.3 is 0 Å². The Kier molecular flexibility index (Phi) is 4.36. The number of aromatic amines is 1. The van der Waals surface area contributed by atoms with Crippen LogP contribution in [0, 0.1) is 0 Å². The summed E-state index contributed by atoms with van der Waals surface area (Å²) >= 11 is 0. The summed E-state index contributed by atoms with van der Waals surface area (Å²) in [7, 11) is -3.35. The van der Waals surface area contributed by atoms with Crippen LogP contribution in [0.25, 0.3) is 11.0 Å². The van der Waals surface area contributed by atoms with Gasteiger partial charge in [-0.05, 0) is 62.1 Å². The number of carbonyl (C=O) groups is 1. The van der Waals surface area contributed by atoms with E-state index in [-0.39, 0.29) is 18.0 Å². The number of rotatable bonds is 3. The lowest BCUT2D eigenvalue weighted by Crippen LogP contribution is -2.34. The number of likely N-dealkylation sites (tertiary alicyclic amines) is 1. The zero-order valence-corrected chi connectivity index (χ0v) is 17.8. The lowest BCUT2D eigenvalue weighted by molar-refractivity contribution is 0.0730. The summed E-state index contributed by atoms with van der Waals surface area (Å²) < 4.78 is 25.7. The van der Waals surface area contributed by atoms with Crippen LogP contribution in [0.5, 0.6) is 0 Å². The minimum Gasteiger partial charge on any atom is -0.340 e. The monoisotopic (exact) mass is 424 g/mol. The molecule has 1 saturated heterocycles. The molecule has 2 aliphatic rings. The number of hydrogen-bond acceptors (Lipinski definition) is 4. The second-order valence-electron chi connectivity index (χ2n) is 8.25. The molecular formula is C22H24N4O3S. The standard InChI is InChI=1S/C22H24N4O3S/c1-14-12-16-13-15(9-10-19(16)26(14)30(2,28)29)22(27)25-11-5-8-20(25)21-23-17-6-3-4-7-18(17)24-21/h3-4,6-7,9-10,13-14,20H,5,8,11-12H2,1-2H3,(H,23,24)/t14-,20+/m1/s1. The summed E-state index contributed by atoms with van der Waals surface area (Å²) in [4.78, 5) is 23.3. The molecule has 2 atom stereocenters. The topological polar surface area (TPSA) is 86.4 Å². The molecule has 1 N–H and O–H groups in total. The van der Waals surface area contributed by atoms with Gasteiger partial charge in [0, 0.05) is 18.2 Å². The SMILES string of the molecule is C[C@@H]1Cc2cc(C(=O)N3CCC[C@H]3c3nc4ccccc4[nH]3)ccc2N1S(C)(=O)=O. The van der Waals surface area contributed by atoms with Crippen molar-refractivity contribution in [3.05, 3.63) is 59.4 Å². The third kappa shape index (κ3) is 3.06. The summed E-state index contributed by atoms with van der Waals surface area (Å²) in [6.45, 7) is 2.57. The fraction of sp³-hybridized carbons (Fsp3) is 0.364. The number of hydrogen-bond donors (Lipinski definition) is 1. The van der Waals surface area contributed by atoms with Crippen LogP contribution in [-0.2, 0) is 16.4 Å². The fourth-order valence-electron chi connectivity index (χ4n) is 4.83. The molecule has 2 aromatic carbocycles. The second-order valence-corrected chi connectivity index (χ2v) is 10.1. The molecule has 2 aliphatic heterocycles. The zero-order valence-electron chi connectivity index (χ0n) is 17.0. The van der Waals surface area contributed by atoms with E-state index in [1.54, 1.807) is 12.1 Å². The van der Waals surface area contributed by atoms with Gasteiger partial charge in [-0.25, -0.2) is 13.4 Å². The molecule has 3 aromatic rings. The van der Waals surface area contributed by atoms with Crippen LogP contribution in [-0.4, -0.2) is 48.0 Å². The van der Waals surface area contributed by atoms with Crippen LogP contribution in [0.2, 0.25) is 0 Å². The van der Waals surface area contributed by atoms with Gasteiger partial charge in [0.25, 0.3) is 5.91 Å². The Morgan fingerprint density at radius 3 is 2.77 bits per heavy atom. The van der Waals surface area contributed by atoms with Gasteiger partial charge in [-0.15, -0.1) is 0 Å². The van der Waals surface area contributed by atoms with Crippen LogP contribution < -0.4 is 4.31 Å². The van der Waals surface area contributed by atoms with Crippen LogP contribution in [0.4, 0.5) is 5.69 Å². The van der Waals surface area contributed by atoms with E-state index in [0.29, 0.717) is 24.2 Å². The molecule has 0 bridgehead atoms. The maximum atomic E-state index is 13.4. The van der Waals surface area contributed by atoms with Gasteiger partial charge in [-0.2, -0.15) is 0 Å². The van der Waals surface area contributed by atoms with Gasteiger partial charge in [0.2, 0.25) is 10.0 Å². The number of sulfonamides is 1. The predicted octanol–water partition coefficient (Wildman–Crippen LogP) is 3.25. The van der Waals surface area contributed by atoms with Crippen molar-refractivity contribution < 1.29 is 13.2 Å². The highest BCUT2D eigenvalue weighted by molar-refractivity contribution is 7.92. The average molecular weight is 425 g/mol. The van der Waals surface area contributed by atoms with Crippen molar-refractivity contribution in [2.24, 2.45) is 0 Å². The van der Waals surface area contributed by atoms with E-state index >= 15 is 0 Å². The Morgan fingerprint density at radius 1 is 1.20 bits per heavy atom. The zero-order chi connectivity index (χ0) is 21.0. The highest BCUT2D eigenvalue weighted by Gasteiger charge is 2.35. The Labute approximate surface area is 175 Å². The van der Waals surface area contributed by atoms with E-state index < -0.39 is 10.0 Å². The molecule has 30 heavy (non-hydrogen) atoms. The number of aromatic nitrogens is 2. The third-order valence-electron chi connectivity index (χ3n) is 6.07. The van der Waals surface area contributed by atoms with E-state index in [1.807, 2.05) is 42.2 Å². The number of imidazole rings is 1. The Hall–Kier alpha value is -2.87. The highest BCUT2D eigenvalue weighted by Crippen LogP contribution is 2.37. The van der Waals surface area contributed by atoms with Crippen molar-refractivity contribution in [2.75, 3.05) is 17.1 Å². The van der Waals surface area contributed by atoms with Crippen molar-refractivity contribution in [3.63, 3.8) is 0 Å². The lowest BCUT2D eigenvalue weighted by atomic mass is 10.1. The maximum Gasteiger partial charge on any atom is 0.254 e. The molecule has 0 aliphatic carbocycles. The van der Waals surface area contributed by atoms with E-state index in [1.165, 1.54) is 10.6 Å². The summed E-state index contributed by atoms with van der Waals surface area (Å²) in [6, 6.07) is 13.0. The van der Waals surface area contributed by atoms with Crippen molar-refractivity contribution in [3.8, 4) is 0 Å². The van der Waals surface area contributed by atoms with Gasteiger partial charge < -0.3 is 9.88 Å². The van der Waals surface area contributed by atoms with Crippen molar-refractivity contribution >= 4 is 32.7 Å². The molecule has 1 fully saturated rings. The van der Waals surface area contributed by atoms with Crippen molar-refractivity contribution in [1.29, 1.82) is 0 Å². The molecule has 7 nitrogen and oxygen atoms in total. The maximum absolute atomic E-state index is 13.4. The quantitative estimate of drug-likeness (QED) is 0.699. The second kappa shape index (κ2) is 6.84. The molecule has 0 radical (unpaired) electrons. The number of H-pyrrole nitrogens is 1. The summed E-state index contributed by atoms with van der Waals surface area (Å²) in [6.07, 6.45) is 3.63. The van der Waals surface area contributed by atoms with E-state index in [9.17, 15) is 13.2 Å². The normalized spacial score (nSPS) is 21.4. The van der Waals surface area contributed by atoms with Gasteiger partial charge in [0.15, 0.2) is 0 Å². The minimum absolute atomic E-state index is 0.0359.